The van der Waals surface area contributed by atoms with E-state index in [0.717, 1.165) is 42.8 Å². The van der Waals surface area contributed by atoms with Crippen LogP contribution in [0.1, 0.15) is 18.4 Å². The zero-order chi connectivity index (χ0) is 13.8. The number of hydrogen-bond acceptors (Lipinski definition) is 4. The van der Waals surface area contributed by atoms with Crippen molar-refractivity contribution in [3.8, 4) is 0 Å². The fourth-order valence-corrected chi connectivity index (χ4v) is 2.70. The zero-order valence-electron chi connectivity index (χ0n) is 10.8. The maximum absolute atomic E-state index is 10.8. The van der Waals surface area contributed by atoms with Crippen LogP contribution in [0.3, 0.4) is 0 Å². The Bertz CT molecular complexity index is 473. The first kappa shape index (κ1) is 14.3. The van der Waals surface area contributed by atoms with E-state index in [1.54, 1.807) is 13.0 Å². The van der Waals surface area contributed by atoms with Gasteiger partial charge < -0.3 is 10.1 Å². The molecule has 1 aromatic rings. The number of halogens is 1. The summed E-state index contributed by atoms with van der Waals surface area (Å²) >= 11 is 3.38. The third kappa shape index (κ3) is 3.67. The van der Waals surface area contributed by atoms with Gasteiger partial charge in [-0.2, -0.15) is 0 Å². The molecular weight excluding hydrogens is 312 g/mol. The summed E-state index contributed by atoms with van der Waals surface area (Å²) in [5, 5.41) is 14.2. The van der Waals surface area contributed by atoms with Crippen LogP contribution in [-0.2, 0) is 4.74 Å². The van der Waals surface area contributed by atoms with E-state index < -0.39 is 0 Å². The molecule has 0 spiro atoms. The fourth-order valence-electron chi connectivity index (χ4n) is 2.23. The van der Waals surface area contributed by atoms with E-state index in [9.17, 15) is 10.1 Å². The van der Waals surface area contributed by atoms with Gasteiger partial charge in [0.05, 0.1) is 11.5 Å². The molecule has 1 saturated heterocycles. The Labute approximate surface area is 120 Å². The highest BCUT2D eigenvalue weighted by Gasteiger charge is 2.16. The molecule has 19 heavy (non-hydrogen) atoms. The number of aryl methyl sites for hydroxylation is 1. The highest BCUT2D eigenvalue weighted by Crippen LogP contribution is 2.31. The van der Waals surface area contributed by atoms with E-state index in [1.165, 1.54) is 0 Å². The number of anilines is 1. The van der Waals surface area contributed by atoms with Crippen molar-refractivity contribution in [1.82, 2.24) is 0 Å². The van der Waals surface area contributed by atoms with Crippen LogP contribution in [0.5, 0.6) is 0 Å². The highest BCUT2D eigenvalue weighted by atomic mass is 79.9. The normalized spacial score (nSPS) is 19.2. The van der Waals surface area contributed by atoms with Crippen molar-refractivity contribution in [2.24, 2.45) is 5.92 Å². The Balaban J connectivity index is 2.04. The van der Waals surface area contributed by atoms with Gasteiger partial charge in [0, 0.05) is 34.9 Å². The molecule has 1 aliphatic rings. The van der Waals surface area contributed by atoms with Crippen LogP contribution in [0.15, 0.2) is 16.6 Å². The lowest BCUT2D eigenvalue weighted by atomic mass is 10.0. The van der Waals surface area contributed by atoms with Crippen molar-refractivity contribution in [2.75, 3.05) is 25.1 Å². The molecule has 2 rings (SSSR count). The van der Waals surface area contributed by atoms with Crippen LogP contribution in [0.25, 0.3) is 0 Å². The van der Waals surface area contributed by atoms with Crippen LogP contribution in [0.2, 0.25) is 0 Å². The molecule has 1 heterocycles. The van der Waals surface area contributed by atoms with Gasteiger partial charge in [-0.3, -0.25) is 10.1 Å². The van der Waals surface area contributed by atoms with E-state index in [1.807, 2.05) is 6.07 Å². The fraction of sp³-hybridized carbons (Fsp3) is 0.538. The number of hydrogen-bond donors (Lipinski definition) is 1. The largest absolute Gasteiger partial charge is 0.384 e. The van der Waals surface area contributed by atoms with Crippen LogP contribution in [0.4, 0.5) is 11.4 Å². The molecule has 1 atom stereocenters. The van der Waals surface area contributed by atoms with Gasteiger partial charge in [0.2, 0.25) is 0 Å². The molecule has 1 aromatic carbocycles. The first-order chi connectivity index (χ1) is 9.08. The topological polar surface area (TPSA) is 64.4 Å². The van der Waals surface area contributed by atoms with E-state index in [-0.39, 0.29) is 10.6 Å². The van der Waals surface area contributed by atoms with Crippen molar-refractivity contribution in [3.63, 3.8) is 0 Å². The number of nitrogens with zero attached hydrogens (tertiary/aromatic N) is 1. The van der Waals surface area contributed by atoms with Crippen molar-refractivity contribution in [3.05, 3.63) is 32.3 Å². The third-order valence-electron chi connectivity index (χ3n) is 3.32. The zero-order valence-corrected chi connectivity index (χ0v) is 12.4. The molecule has 1 aliphatic heterocycles. The minimum absolute atomic E-state index is 0.137. The standard InChI is InChI=1S/C13H17BrN2O3/c1-9-5-12(11(14)6-13(9)16(17)18)15-7-10-3-2-4-19-8-10/h5-6,10,15H,2-4,7-8H2,1H3. The minimum atomic E-state index is -0.362. The summed E-state index contributed by atoms with van der Waals surface area (Å²) in [7, 11) is 0. The number of nitrogens with one attached hydrogen (secondary N) is 1. The molecular formula is C13H17BrN2O3. The number of nitro groups is 1. The molecule has 6 heteroatoms. The summed E-state index contributed by atoms with van der Waals surface area (Å²) in [5.74, 6) is 0.510. The van der Waals surface area contributed by atoms with Crippen molar-refractivity contribution >= 4 is 27.3 Å². The molecule has 104 valence electrons. The molecule has 0 bridgehead atoms. The monoisotopic (exact) mass is 328 g/mol. The summed E-state index contributed by atoms with van der Waals surface area (Å²) in [6.45, 7) is 4.22. The van der Waals surface area contributed by atoms with E-state index >= 15 is 0 Å². The summed E-state index contributed by atoms with van der Waals surface area (Å²) in [6, 6.07) is 3.36. The molecule has 0 radical (unpaired) electrons. The Kier molecular flexibility index (Phi) is 4.76. The quantitative estimate of drug-likeness (QED) is 0.678. The van der Waals surface area contributed by atoms with E-state index in [4.69, 9.17) is 4.74 Å². The molecule has 0 amide bonds. The average Bonchev–Trinajstić information content (AvgIpc) is 2.40. The SMILES string of the molecule is Cc1cc(NCC2CCCOC2)c(Br)cc1[N+](=O)[O-]. The van der Waals surface area contributed by atoms with Gasteiger partial charge in [0.15, 0.2) is 0 Å². The van der Waals surface area contributed by atoms with Crippen LogP contribution < -0.4 is 5.32 Å². The lowest BCUT2D eigenvalue weighted by Crippen LogP contribution is -2.24. The first-order valence-corrected chi connectivity index (χ1v) is 7.13. The highest BCUT2D eigenvalue weighted by molar-refractivity contribution is 9.10. The molecule has 1 unspecified atom stereocenters. The third-order valence-corrected chi connectivity index (χ3v) is 3.97. The summed E-state index contributed by atoms with van der Waals surface area (Å²) < 4.78 is 6.16. The van der Waals surface area contributed by atoms with Gasteiger partial charge in [-0.1, -0.05) is 0 Å². The number of nitro benzene ring substituents is 1. The first-order valence-electron chi connectivity index (χ1n) is 6.34. The van der Waals surface area contributed by atoms with Gasteiger partial charge in [-0.25, -0.2) is 0 Å². The van der Waals surface area contributed by atoms with Crippen molar-refractivity contribution < 1.29 is 9.66 Å². The second-order valence-corrected chi connectivity index (χ2v) is 5.69. The molecule has 0 aromatic heterocycles. The van der Waals surface area contributed by atoms with Crippen LogP contribution in [-0.4, -0.2) is 24.7 Å². The number of rotatable bonds is 4. The Morgan fingerprint density at radius 1 is 1.58 bits per heavy atom. The Hall–Kier alpha value is -1.14. The summed E-state index contributed by atoms with van der Waals surface area (Å²) in [5.41, 5.74) is 1.70. The second kappa shape index (κ2) is 6.34. The van der Waals surface area contributed by atoms with Crippen LogP contribution >= 0.6 is 15.9 Å². The van der Waals surface area contributed by atoms with Gasteiger partial charge in [0.1, 0.15) is 0 Å². The minimum Gasteiger partial charge on any atom is -0.384 e. The predicted octanol–water partition coefficient (Wildman–Crippen LogP) is 3.50. The second-order valence-electron chi connectivity index (χ2n) is 4.84. The lowest BCUT2D eigenvalue weighted by molar-refractivity contribution is -0.385. The molecule has 0 aliphatic carbocycles. The van der Waals surface area contributed by atoms with E-state index in [0.29, 0.717) is 11.5 Å². The number of ether oxygens (including phenoxy) is 1. The molecule has 5 nitrogen and oxygen atoms in total. The average molecular weight is 329 g/mol. The van der Waals surface area contributed by atoms with Crippen molar-refractivity contribution in [2.45, 2.75) is 19.8 Å². The lowest BCUT2D eigenvalue weighted by Gasteiger charge is -2.23. The molecule has 1 fully saturated rings. The van der Waals surface area contributed by atoms with Gasteiger partial charge in [-0.15, -0.1) is 0 Å². The van der Waals surface area contributed by atoms with Crippen molar-refractivity contribution in [1.29, 1.82) is 0 Å². The maximum Gasteiger partial charge on any atom is 0.273 e. The van der Waals surface area contributed by atoms with Crippen LogP contribution in [0, 0.1) is 23.0 Å². The van der Waals surface area contributed by atoms with Gasteiger partial charge >= 0.3 is 0 Å². The number of benzene rings is 1. The van der Waals surface area contributed by atoms with Gasteiger partial charge in [-0.05, 0) is 47.7 Å². The molecule has 0 saturated carbocycles. The summed E-state index contributed by atoms with van der Waals surface area (Å²) in [4.78, 5) is 10.5. The molecule has 1 N–H and O–H groups in total. The smallest absolute Gasteiger partial charge is 0.273 e. The predicted molar refractivity (Wildman–Crippen MR) is 77.6 cm³/mol. The van der Waals surface area contributed by atoms with Gasteiger partial charge in [0.25, 0.3) is 5.69 Å². The Morgan fingerprint density at radius 2 is 2.37 bits per heavy atom. The van der Waals surface area contributed by atoms with E-state index in [2.05, 4.69) is 21.2 Å². The Morgan fingerprint density at radius 3 is 3.00 bits per heavy atom. The summed E-state index contributed by atoms with van der Waals surface area (Å²) in [6.07, 6.45) is 2.27. The maximum atomic E-state index is 10.8.